The summed E-state index contributed by atoms with van der Waals surface area (Å²) < 4.78 is 0. The number of nitrogens with zero attached hydrogens (tertiary/aromatic N) is 1. The van der Waals surface area contributed by atoms with E-state index in [1.54, 1.807) is 0 Å². The summed E-state index contributed by atoms with van der Waals surface area (Å²) in [6, 6.07) is 6.01. The second-order valence-corrected chi connectivity index (χ2v) is 5.24. The van der Waals surface area contributed by atoms with Crippen LogP contribution in [0.4, 0.5) is 5.69 Å². The van der Waals surface area contributed by atoms with E-state index in [4.69, 9.17) is 11.1 Å². The van der Waals surface area contributed by atoms with Crippen molar-refractivity contribution in [3.05, 3.63) is 29.3 Å². The first kappa shape index (κ1) is 12.0. The monoisotopic (exact) mass is 231 g/mol. The van der Waals surface area contributed by atoms with Crippen LogP contribution < -0.4 is 10.6 Å². The average Bonchev–Trinajstić information content (AvgIpc) is 2.58. The molecule has 3 heteroatoms. The fourth-order valence-electron chi connectivity index (χ4n) is 2.61. The number of benzene rings is 1. The van der Waals surface area contributed by atoms with Gasteiger partial charge in [0.2, 0.25) is 0 Å². The number of hydrogen-bond acceptors (Lipinski definition) is 2. The smallest absolute Gasteiger partial charge is 0.124 e. The molecule has 1 saturated heterocycles. The Morgan fingerprint density at radius 1 is 1.29 bits per heavy atom. The van der Waals surface area contributed by atoms with E-state index in [1.165, 1.54) is 5.56 Å². The Morgan fingerprint density at radius 3 is 2.41 bits per heavy atom. The second kappa shape index (κ2) is 4.40. The van der Waals surface area contributed by atoms with Crippen molar-refractivity contribution in [3.8, 4) is 0 Å². The number of nitrogen functional groups attached to an aromatic ring is 1. The third-order valence-electron chi connectivity index (χ3n) is 3.83. The summed E-state index contributed by atoms with van der Waals surface area (Å²) >= 11 is 0. The Labute approximate surface area is 103 Å². The van der Waals surface area contributed by atoms with Gasteiger partial charge in [0.15, 0.2) is 0 Å². The highest BCUT2D eigenvalue weighted by Crippen LogP contribution is 2.32. The van der Waals surface area contributed by atoms with E-state index in [2.05, 4.69) is 31.7 Å². The largest absolute Gasteiger partial charge is 0.384 e. The number of anilines is 1. The first-order chi connectivity index (χ1) is 8.00. The fourth-order valence-corrected chi connectivity index (χ4v) is 2.61. The lowest BCUT2D eigenvalue weighted by atomic mass is 10.0. The predicted octanol–water partition coefficient (Wildman–Crippen LogP) is 2.37. The molecule has 2 unspecified atom stereocenters. The molecule has 1 aromatic carbocycles. The van der Waals surface area contributed by atoms with Gasteiger partial charge in [-0.3, -0.25) is 5.41 Å². The number of rotatable bonds is 2. The van der Waals surface area contributed by atoms with Gasteiger partial charge >= 0.3 is 0 Å². The van der Waals surface area contributed by atoms with E-state index < -0.39 is 0 Å². The Morgan fingerprint density at radius 2 is 1.88 bits per heavy atom. The zero-order chi connectivity index (χ0) is 12.6. The van der Waals surface area contributed by atoms with Crippen molar-refractivity contribution in [1.82, 2.24) is 0 Å². The summed E-state index contributed by atoms with van der Waals surface area (Å²) in [4.78, 5) is 2.38. The van der Waals surface area contributed by atoms with Gasteiger partial charge in [-0.25, -0.2) is 0 Å². The van der Waals surface area contributed by atoms with Gasteiger partial charge in [-0.1, -0.05) is 26.0 Å². The lowest BCUT2D eigenvalue weighted by Crippen LogP contribution is -2.25. The molecule has 0 radical (unpaired) electrons. The van der Waals surface area contributed by atoms with Crippen LogP contribution in [-0.4, -0.2) is 18.9 Å². The van der Waals surface area contributed by atoms with Crippen molar-refractivity contribution < 1.29 is 0 Å². The van der Waals surface area contributed by atoms with Gasteiger partial charge in [0, 0.05) is 18.7 Å². The second-order valence-electron chi connectivity index (χ2n) is 5.24. The van der Waals surface area contributed by atoms with Crippen molar-refractivity contribution in [2.75, 3.05) is 18.0 Å². The standard InChI is InChI=1S/C14H21N3/c1-9-5-4-6-12(14(15)16)13(9)17-7-10(2)11(3)8-17/h4-6,10-11H,7-8H2,1-3H3,(H3,15,16). The Hall–Kier alpha value is -1.51. The van der Waals surface area contributed by atoms with Crippen molar-refractivity contribution in [2.24, 2.45) is 17.6 Å². The Balaban J connectivity index is 2.41. The quantitative estimate of drug-likeness (QED) is 0.606. The molecule has 1 fully saturated rings. The highest BCUT2D eigenvalue weighted by Gasteiger charge is 2.28. The van der Waals surface area contributed by atoms with Crippen LogP contribution in [-0.2, 0) is 0 Å². The maximum atomic E-state index is 7.69. The highest BCUT2D eigenvalue weighted by atomic mass is 15.2. The maximum absolute atomic E-state index is 7.69. The molecule has 2 atom stereocenters. The fraction of sp³-hybridized carbons (Fsp3) is 0.500. The van der Waals surface area contributed by atoms with Crippen LogP contribution in [0.2, 0.25) is 0 Å². The summed E-state index contributed by atoms with van der Waals surface area (Å²) in [5.41, 5.74) is 8.90. The molecule has 92 valence electrons. The maximum Gasteiger partial charge on any atom is 0.124 e. The number of hydrogen-bond donors (Lipinski definition) is 2. The van der Waals surface area contributed by atoms with Crippen LogP contribution >= 0.6 is 0 Å². The predicted molar refractivity (Wildman–Crippen MR) is 72.7 cm³/mol. The zero-order valence-corrected chi connectivity index (χ0v) is 10.8. The molecule has 0 aromatic heterocycles. The van der Waals surface area contributed by atoms with Crippen molar-refractivity contribution in [2.45, 2.75) is 20.8 Å². The molecule has 0 bridgehead atoms. The van der Waals surface area contributed by atoms with Gasteiger partial charge < -0.3 is 10.6 Å². The first-order valence-electron chi connectivity index (χ1n) is 6.19. The normalized spacial score (nSPS) is 24.1. The van der Waals surface area contributed by atoms with E-state index in [0.29, 0.717) is 11.8 Å². The molecule has 0 saturated carbocycles. The molecule has 0 spiro atoms. The van der Waals surface area contributed by atoms with Gasteiger partial charge in [-0.2, -0.15) is 0 Å². The highest BCUT2D eigenvalue weighted by molar-refractivity contribution is 6.01. The Bertz CT molecular complexity index is 429. The third-order valence-corrected chi connectivity index (χ3v) is 3.83. The van der Waals surface area contributed by atoms with Gasteiger partial charge in [0.05, 0.1) is 5.69 Å². The molecule has 1 heterocycles. The van der Waals surface area contributed by atoms with E-state index in [1.807, 2.05) is 12.1 Å². The van der Waals surface area contributed by atoms with Crippen LogP contribution in [0.3, 0.4) is 0 Å². The topological polar surface area (TPSA) is 53.1 Å². The molecule has 1 aliphatic heterocycles. The van der Waals surface area contributed by atoms with Crippen molar-refractivity contribution >= 4 is 11.5 Å². The minimum absolute atomic E-state index is 0.163. The summed E-state index contributed by atoms with van der Waals surface area (Å²) in [6.07, 6.45) is 0. The first-order valence-corrected chi connectivity index (χ1v) is 6.19. The number of nitrogens with one attached hydrogen (secondary N) is 1. The van der Waals surface area contributed by atoms with Crippen LogP contribution in [0.5, 0.6) is 0 Å². The van der Waals surface area contributed by atoms with Gasteiger partial charge in [0.25, 0.3) is 0 Å². The summed E-state index contributed by atoms with van der Waals surface area (Å²) in [6.45, 7) is 8.79. The molecular formula is C14H21N3. The van der Waals surface area contributed by atoms with E-state index in [-0.39, 0.29) is 5.84 Å². The van der Waals surface area contributed by atoms with Gasteiger partial charge in [-0.05, 0) is 30.4 Å². The molecule has 3 nitrogen and oxygen atoms in total. The molecular weight excluding hydrogens is 210 g/mol. The van der Waals surface area contributed by atoms with Crippen LogP contribution in [0.15, 0.2) is 18.2 Å². The summed E-state index contributed by atoms with van der Waals surface area (Å²) in [7, 11) is 0. The molecule has 1 aliphatic rings. The van der Waals surface area contributed by atoms with Crippen molar-refractivity contribution in [3.63, 3.8) is 0 Å². The van der Waals surface area contributed by atoms with Crippen LogP contribution in [0, 0.1) is 24.2 Å². The SMILES string of the molecule is Cc1cccc(C(=N)N)c1N1CC(C)C(C)C1. The van der Waals surface area contributed by atoms with E-state index >= 15 is 0 Å². The third kappa shape index (κ3) is 2.14. The van der Waals surface area contributed by atoms with Gasteiger partial charge in [0.1, 0.15) is 5.84 Å². The Kier molecular flexibility index (Phi) is 3.09. The lowest BCUT2D eigenvalue weighted by Gasteiger charge is -2.23. The molecule has 17 heavy (non-hydrogen) atoms. The van der Waals surface area contributed by atoms with E-state index in [0.717, 1.165) is 24.3 Å². The number of amidine groups is 1. The molecule has 0 aliphatic carbocycles. The summed E-state index contributed by atoms with van der Waals surface area (Å²) in [5.74, 6) is 1.57. The summed E-state index contributed by atoms with van der Waals surface area (Å²) in [5, 5.41) is 7.69. The van der Waals surface area contributed by atoms with Crippen LogP contribution in [0.25, 0.3) is 0 Å². The van der Waals surface area contributed by atoms with Crippen LogP contribution in [0.1, 0.15) is 25.0 Å². The molecule has 3 N–H and O–H groups in total. The molecule has 0 amide bonds. The lowest BCUT2D eigenvalue weighted by molar-refractivity contribution is 0.494. The number of para-hydroxylation sites is 1. The van der Waals surface area contributed by atoms with Crippen molar-refractivity contribution in [1.29, 1.82) is 5.41 Å². The average molecular weight is 231 g/mol. The minimum atomic E-state index is 0.163. The minimum Gasteiger partial charge on any atom is -0.384 e. The number of nitrogens with two attached hydrogens (primary N) is 1. The molecule has 1 aromatic rings. The van der Waals surface area contributed by atoms with E-state index in [9.17, 15) is 0 Å². The molecule has 2 rings (SSSR count). The van der Waals surface area contributed by atoms with Gasteiger partial charge in [-0.15, -0.1) is 0 Å². The number of aryl methyl sites for hydroxylation is 1. The zero-order valence-electron chi connectivity index (χ0n) is 10.8.